The first kappa shape index (κ1) is 14.8. The van der Waals surface area contributed by atoms with Crippen molar-refractivity contribution < 1.29 is 14.5 Å². The Hall–Kier alpha value is -2.64. The fraction of sp³-hybridized carbons (Fsp3) is 0.385. The molecule has 8 nitrogen and oxygen atoms in total. The summed E-state index contributed by atoms with van der Waals surface area (Å²) in [4.78, 5) is 33.4. The van der Waals surface area contributed by atoms with Gasteiger partial charge in [-0.3, -0.25) is 19.7 Å². The third kappa shape index (κ3) is 3.47. The molecule has 0 saturated carbocycles. The third-order valence-electron chi connectivity index (χ3n) is 3.13. The summed E-state index contributed by atoms with van der Waals surface area (Å²) in [7, 11) is 0. The van der Waals surface area contributed by atoms with Crippen LogP contribution in [0, 0.1) is 10.1 Å². The van der Waals surface area contributed by atoms with E-state index in [1.807, 2.05) is 0 Å². The van der Waals surface area contributed by atoms with Crippen molar-refractivity contribution in [2.75, 3.05) is 18.4 Å². The Morgan fingerprint density at radius 1 is 1.52 bits per heavy atom. The minimum atomic E-state index is -0.546. The summed E-state index contributed by atoms with van der Waals surface area (Å²) < 4.78 is 0. The number of rotatable bonds is 5. The molecule has 0 aromatic heterocycles. The minimum absolute atomic E-state index is 0.0888. The summed E-state index contributed by atoms with van der Waals surface area (Å²) in [6, 6.07) is 4.06. The van der Waals surface area contributed by atoms with Crippen molar-refractivity contribution >= 4 is 23.2 Å². The van der Waals surface area contributed by atoms with Crippen LogP contribution < -0.4 is 16.0 Å². The van der Waals surface area contributed by atoms with E-state index in [1.54, 1.807) is 6.92 Å². The second-order valence-electron chi connectivity index (χ2n) is 4.70. The Kier molecular flexibility index (Phi) is 4.36. The molecule has 1 heterocycles. The van der Waals surface area contributed by atoms with Crippen LogP contribution in [0.5, 0.6) is 0 Å². The normalized spacial score (nSPS) is 17.2. The predicted molar refractivity (Wildman–Crippen MR) is 76.1 cm³/mol. The van der Waals surface area contributed by atoms with Crippen LogP contribution in [0.25, 0.3) is 0 Å². The van der Waals surface area contributed by atoms with Gasteiger partial charge < -0.3 is 16.0 Å². The summed E-state index contributed by atoms with van der Waals surface area (Å²) in [6.45, 7) is 2.64. The lowest BCUT2D eigenvalue weighted by Crippen LogP contribution is -2.24. The fourth-order valence-corrected chi connectivity index (χ4v) is 2.14. The number of hydrogen-bond acceptors (Lipinski definition) is 5. The summed E-state index contributed by atoms with van der Waals surface area (Å²) in [5.41, 5.74) is 0.349. The second kappa shape index (κ2) is 6.21. The Labute approximate surface area is 121 Å². The van der Waals surface area contributed by atoms with Crippen LogP contribution in [-0.2, 0) is 4.79 Å². The Bertz CT molecular complexity index is 588. The van der Waals surface area contributed by atoms with E-state index in [0.29, 0.717) is 18.8 Å². The van der Waals surface area contributed by atoms with Gasteiger partial charge in [-0.1, -0.05) is 0 Å². The monoisotopic (exact) mass is 292 g/mol. The van der Waals surface area contributed by atoms with E-state index in [1.165, 1.54) is 18.2 Å². The summed E-state index contributed by atoms with van der Waals surface area (Å²) >= 11 is 0. The van der Waals surface area contributed by atoms with E-state index in [2.05, 4.69) is 16.0 Å². The zero-order valence-electron chi connectivity index (χ0n) is 11.5. The van der Waals surface area contributed by atoms with Gasteiger partial charge in [-0.15, -0.1) is 0 Å². The van der Waals surface area contributed by atoms with E-state index in [9.17, 15) is 19.7 Å². The largest absolute Gasteiger partial charge is 0.374 e. The van der Waals surface area contributed by atoms with E-state index >= 15 is 0 Å². The summed E-state index contributed by atoms with van der Waals surface area (Å²) in [6.07, 6.45) is 0.273. The first-order valence-corrected chi connectivity index (χ1v) is 6.61. The first-order valence-electron chi connectivity index (χ1n) is 6.61. The quantitative estimate of drug-likeness (QED) is 0.544. The highest BCUT2D eigenvalue weighted by Gasteiger charge is 2.24. The number of amides is 2. The molecule has 1 aromatic rings. The molecule has 0 spiro atoms. The fourth-order valence-electron chi connectivity index (χ4n) is 2.14. The zero-order chi connectivity index (χ0) is 15.4. The molecular weight excluding hydrogens is 276 g/mol. The molecule has 3 N–H and O–H groups in total. The van der Waals surface area contributed by atoms with Crippen molar-refractivity contribution in [3.8, 4) is 0 Å². The maximum atomic E-state index is 11.7. The number of nitrogens with one attached hydrogen (secondary N) is 3. The molecule has 8 heteroatoms. The summed E-state index contributed by atoms with van der Waals surface area (Å²) in [5.74, 6) is -0.445. The van der Waals surface area contributed by atoms with Gasteiger partial charge in [-0.05, 0) is 19.1 Å². The second-order valence-corrected chi connectivity index (χ2v) is 4.70. The Morgan fingerprint density at radius 2 is 2.29 bits per heavy atom. The van der Waals surface area contributed by atoms with Gasteiger partial charge in [0.15, 0.2) is 0 Å². The smallest absolute Gasteiger partial charge is 0.293 e. The molecule has 0 radical (unpaired) electrons. The summed E-state index contributed by atoms with van der Waals surface area (Å²) in [5, 5.41) is 19.3. The molecule has 1 aliphatic rings. The number of nitrogens with zero attached hydrogens (tertiary/aromatic N) is 1. The molecule has 2 rings (SSSR count). The van der Waals surface area contributed by atoms with E-state index in [4.69, 9.17) is 0 Å². The van der Waals surface area contributed by atoms with Crippen molar-refractivity contribution in [2.45, 2.75) is 19.4 Å². The van der Waals surface area contributed by atoms with Crippen LogP contribution in [0.4, 0.5) is 11.4 Å². The van der Waals surface area contributed by atoms with Crippen molar-refractivity contribution in [1.82, 2.24) is 10.6 Å². The number of carbonyl (C=O) groups is 2. The lowest BCUT2D eigenvalue weighted by molar-refractivity contribution is -0.384. The van der Waals surface area contributed by atoms with E-state index < -0.39 is 4.92 Å². The Balaban J connectivity index is 2.23. The number of anilines is 1. The molecule has 1 fully saturated rings. The lowest BCUT2D eigenvalue weighted by atomic mass is 10.1. The van der Waals surface area contributed by atoms with Crippen LogP contribution in [-0.4, -0.2) is 35.9 Å². The average molecular weight is 292 g/mol. The van der Waals surface area contributed by atoms with Gasteiger partial charge in [0.05, 0.1) is 11.0 Å². The highest BCUT2D eigenvalue weighted by Crippen LogP contribution is 2.27. The number of nitro benzene ring substituents is 1. The Morgan fingerprint density at radius 3 is 2.86 bits per heavy atom. The molecule has 112 valence electrons. The molecule has 1 atom stereocenters. The topological polar surface area (TPSA) is 113 Å². The van der Waals surface area contributed by atoms with Crippen molar-refractivity contribution in [3.63, 3.8) is 0 Å². The zero-order valence-corrected chi connectivity index (χ0v) is 11.5. The molecule has 21 heavy (non-hydrogen) atoms. The number of nitro groups is 1. The number of hydrogen-bond donors (Lipinski definition) is 3. The van der Waals surface area contributed by atoms with Gasteiger partial charge in [-0.2, -0.15) is 0 Å². The highest BCUT2D eigenvalue weighted by atomic mass is 16.6. The van der Waals surface area contributed by atoms with Gasteiger partial charge in [0, 0.05) is 31.1 Å². The van der Waals surface area contributed by atoms with Crippen LogP contribution in [0.3, 0.4) is 0 Å². The minimum Gasteiger partial charge on any atom is -0.374 e. The molecule has 0 aliphatic carbocycles. The molecule has 1 saturated heterocycles. The van der Waals surface area contributed by atoms with Crippen LogP contribution in [0.1, 0.15) is 23.7 Å². The van der Waals surface area contributed by atoms with Crippen LogP contribution in [0.2, 0.25) is 0 Å². The van der Waals surface area contributed by atoms with E-state index in [0.717, 1.165) is 0 Å². The van der Waals surface area contributed by atoms with Crippen LogP contribution >= 0.6 is 0 Å². The van der Waals surface area contributed by atoms with Crippen molar-refractivity contribution in [3.05, 3.63) is 33.9 Å². The van der Waals surface area contributed by atoms with E-state index in [-0.39, 0.29) is 35.5 Å². The van der Waals surface area contributed by atoms with Crippen molar-refractivity contribution in [1.29, 1.82) is 0 Å². The maximum Gasteiger partial charge on any atom is 0.293 e. The third-order valence-corrected chi connectivity index (χ3v) is 3.13. The van der Waals surface area contributed by atoms with Gasteiger partial charge in [0.25, 0.3) is 11.6 Å². The molecule has 2 amide bonds. The average Bonchev–Trinajstić information content (AvgIpc) is 2.84. The number of benzene rings is 1. The van der Waals surface area contributed by atoms with Gasteiger partial charge in [-0.25, -0.2) is 0 Å². The molecule has 1 unspecified atom stereocenters. The maximum absolute atomic E-state index is 11.7. The van der Waals surface area contributed by atoms with Gasteiger partial charge in [0.2, 0.25) is 5.91 Å². The van der Waals surface area contributed by atoms with Gasteiger partial charge in [0.1, 0.15) is 5.69 Å². The van der Waals surface area contributed by atoms with Crippen LogP contribution in [0.15, 0.2) is 18.2 Å². The number of carbonyl (C=O) groups excluding carboxylic acids is 2. The highest BCUT2D eigenvalue weighted by molar-refractivity contribution is 5.95. The molecular formula is C13H16N4O4. The van der Waals surface area contributed by atoms with Crippen molar-refractivity contribution in [2.24, 2.45) is 0 Å². The predicted octanol–water partition coefficient (Wildman–Crippen LogP) is 0.645. The standard InChI is InChI=1S/C13H16N4O4/c1-2-14-13(19)8-3-4-10(11(5-8)17(20)21)16-9-6-12(18)15-7-9/h3-5,9,16H,2,6-7H2,1H3,(H,14,19)(H,15,18). The van der Waals surface area contributed by atoms with Gasteiger partial charge >= 0.3 is 0 Å². The first-order chi connectivity index (χ1) is 10.0. The SMILES string of the molecule is CCNC(=O)c1ccc(NC2CNC(=O)C2)c([N+](=O)[O-])c1. The molecule has 1 aromatic carbocycles. The lowest BCUT2D eigenvalue weighted by Gasteiger charge is -2.13. The molecule has 0 bridgehead atoms. The molecule has 1 aliphatic heterocycles.